The van der Waals surface area contributed by atoms with Crippen LogP contribution in [0.5, 0.6) is 0 Å². The Labute approximate surface area is 192 Å². The summed E-state index contributed by atoms with van der Waals surface area (Å²) in [6.45, 7) is 4.76. The Morgan fingerprint density at radius 1 is 0.970 bits per heavy atom. The molecule has 0 unspecified atom stereocenters. The van der Waals surface area contributed by atoms with Crippen LogP contribution in [0.1, 0.15) is 36.6 Å². The van der Waals surface area contributed by atoms with Crippen LogP contribution in [0.4, 0.5) is 0 Å². The highest BCUT2D eigenvalue weighted by atomic mass is 32.2. The van der Waals surface area contributed by atoms with E-state index in [1.807, 2.05) is 49.5 Å². The first-order chi connectivity index (χ1) is 15.8. The molecular formula is C24H25N5O3S. The summed E-state index contributed by atoms with van der Waals surface area (Å²) < 4.78 is 35.9. The third kappa shape index (κ3) is 3.87. The molecule has 0 atom stereocenters. The van der Waals surface area contributed by atoms with Crippen molar-refractivity contribution in [2.45, 2.75) is 37.6 Å². The largest absolute Gasteiger partial charge is 0.415 e. The molecule has 3 heterocycles. The fraction of sp³-hybridized carbons (Fsp3) is 0.292. The van der Waals surface area contributed by atoms with Gasteiger partial charge in [0.1, 0.15) is 0 Å². The molecule has 1 aliphatic rings. The van der Waals surface area contributed by atoms with Crippen LogP contribution in [0.2, 0.25) is 0 Å². The Morgan fingerprint density at radius 2 is 1.67 bits per heavy atom. The van der Waals surface area contributed by atoms with Crippen LogP contribution >= 0.6 is 0 Å². The van der Waals surface area contributed by atoms with Gasteiger partial charge in [-0.15, -0.1) is 10.2 Å². The third-order valence-corrected chi connectivity index (χ3v) is 7.90. The van der Waals surface area contributed by atoms with Crippen LogP contribution in [0, 0.1) is 0 Å². The number of sulfonamides is 1. The third-order valence-electron chi connectivity index (χ3n) is 6.04. The van der Waals surface area contributed by atoms with E-state index in [9.17, 15) is 8.42 Å². The van der Waals surface area contributed by atoms with Crippen LogP contribution in [-0.4, -0.2) is 39.2 Å². The molecule has 8 nitrogen and oxygen atoms in total. The van der Waals surface area contributed by atoms with Crippen molar-refractivity contribution in [3.05, 3.63) is 71.4 Å². The molecule has 0 fully saturated rings. The second-order valence-electron chi connectivity index (χ2n) is 8.49. The number of hydrogen-bond acceptors (Lipinski definition) is 6. The molecule has 0 saturated carbocycles. The highest BCUT2D eigenvalue weighted by Gasteiger charge is 2.33. The van der Waals surface area contributed by atoms with E-state index in [2.05, 4.69) is 29.1 Å². The summed E-state index contributed by atoms with van der Waals surface area (Å²) in [6.07, 6.45) is 0.557. The Bertz CT molecular complexity index is 1390. The molecule has 0 bridgehead atoms. The summed E-state index contributed by atoms with van der Waals surface area (Å²) in [5, 5.41) is 12.9. The van der Waals surface area contributed by atoms with Crippen LogP contribution in [-0.2, 0) is 30.0 Å². The highest BCUT2D eigenvalue weighted by Crippen LogP contribution is 2.33. The Hall–Kier alpha value is -3.30. The predicted octanol–water partition coefficient (Wildman–Crippen LogP) is 4.01. The first-order valence-electron chi connectivity index (χ1n) is 10.9. The van der Waals surface area contributed by atoms with Gasteiger partial charge in [0, 0.05) is 43.4 Å². The van der Waals surface area contributed by atoms with Crippen LogP contribution in [0.25, 0.3) is 23.0 Å². The first kappa shape index (κ1) is 21.5. The minimum Gasteiger partial charge on any atom is -0.415 e. The average Bonchev–Trinajstić information content (AvgIpc) is 3.44. The van der Waals surface area contributed by atoms with E-state index in [0.717, 1.165) is 22.4 Å². The molecule has 0 saturated heterocycles. The normalized spacial score (nSPS) is 14.5. The van der Waals surface area contributed by atoms with Gasteiger partial charge in [-0.25, -0.2) is 8.42 Å². The molecular weight excluding hydrogens is 438 g/mol. The zero-order valence-electron chi connectivity index (χ0n) is 18.8. The minimum atomic E-state index is -3.65. The second kappa shape index (κ2) is 8.24. The van der Waals surface area contributed by atoms with Gasteiger partial charge in [-0.05, 0) is 35.7 Å². The van der Waals surface area contributed by atoms with Gasteiger partial charge in [-0.3, -0.25) is 4.68 Å². The maximum Gasteiger partial charge on any atom is 0.268 e. The molecule has 5 rings (SSSR count). The predicted molar refractivity (Wildman–Crippen MR) is 124 cm³/mol. The molecule has 33 heavy (non-hydrogen) atoms. The summed E-state index contributed by atoms with van der Waals surface area (Å²) in [5.74, 6) is 1.02. The van der Waals surface area contributed by atoms with Gasteiger partial charge < -0.3 is 4.42 Å². The Kier molecular flexibility index (Phi) is 5.38. The molecule has 170 valence electrons. The summed E-state index contributed by atoms with van der Waals surface area (Å²) in [4.78, 5) is 0.296. The number of hydrogen-bond donors (Lipinski definition) is 0. The molecule has 0 amide bonds. The summed E-state index contributed by atoms with van der Waals surface area (Å²) >= 11 is 0. The number of nitrogens with zero attached hydrogens (tertiary/aromatic N) is 5. The molecule has 0 radical (unpaired) electrons. The van der Waals surface area contributed by atoms with E-state index in [0.29, 0.717) is 35.4 Å². The number of aryl methyl sites for hydroxylation is 1. The van der Waals surface area contributed by atoms with Crippen molar-refractivity contribution in [2.75, 3.05) is 6.54 Å². The zero-order valence-corrected chi connectivity index (χ0v) is 19.6. The van der Waals surface area contributed by atoms with Gasteiger partial charge in [0.15, 0.2) is 5.69 Å². The summed E-state index contributed by atoms with van der Waals surface area (Å²) in [7, 11) is -1.79. The van der Waals surface area contributed by atoms with E-state index < -0.39 is 10.0 Å². The summed E-state index contributed by atoms with van der Waals surface area (Å²) in [6, 6.07) is 16.6. The van der Waals surface area contributed by atoms with Crippen LogP contribution in [0.15, 0.2) is 63.9 Å². The molecule has 9 heteroatoms. The van der Waals surface area contributed by atoms with E-state index in [4.69, 9.17) is 4.42 Å². The van der Waals surface area contributed by atoms with E-state index in [1.165, 1.54) is 4.31 Å². The van der Waals surface area contributed by atoms with Crippen LogP contribution in [0.3, 0.4) is 0 Å². The smallest absolute Gasteiger partial charge is 0.268 e. The van der Waals surface area contributed by atoms with Crippen molar-refractivity contribution in [2.24, 2.45) is 7.05 Å². The fourth-order valence-electron chi connectivity index (χ4n) is 4.13. The van der Waals surface area contributed by atoms with Gasteiger partial charge in [0.25, 0.3) is 5.89 Å². The standard InChI is InChI=1S/C24H25N5O3S/c1-16(2)17-9-11-19(12-10-17)33(30,31)29-14-13-21-20(15-29)22(27-28(21)3)24-26-25-23(32-24)18-7-5-4-6-8-18/h4-12,16H,13-15H2,1-3H3. The SMILES string of the molecule is CC(C)c1ccc(S(=O)(=O)N2CCc3c(c(-c4nnc(-c5ccccc5)o4)nn3C)C2)cc1. The zero-order chi connectivity index (χ0) is 23.2. The maximum absolute atomic E-state index is 13.4. The lowest BCUT2D eigenvalue weighted by Crippen LogP contribution is -2.36. The highest BCUT2D eigenvalue weighted by molar-refractivity contribution is 7.89. The molecule has 0 N–H and O–H groups in total. The van der Waals surface area contributed by atoms with E-state index in [1.54, 1.807) is 16.8 Å². The topological polar surface area (TPSA) is 94.1 Å². The van der Waals surface area contributed by atoms with Crippen molar-refractivity contribution in [1.29, 1.82) is 0 Å². The average molecular weight is 464 g/mol. The second-order valence-corrected chi connectivity index (χ2v) is 10.4. The Balaban J connectivity index is 1.47. The number of fused-ring (bicyclic) bond motifs is 1. The molecule has 4 aromatic rings. The molecule has 0 aliphatic carbocycles. The molecule has 0 spiro atoms. The monoisotopic (exact) mass is 463 g/mol. The van der Waals surface area contributed by atoms with E-state index in [-0.39, 0.29) is 12.4 Å². The molecule has 2 aromatic carbocycles. The van der Waals surface area contributed by atoms with Gasteiger partial charge >= 0.3 is 0 Å². The van der Waals surface area contributed by atoms with Gasteiger partial charge in [0.2, 0.25) is 15.9 Å². The van der Waals surface area contributed by atoms with E-state index >= 15 is 0 Å². The van der Waals surface area contributed by atoms with Crippen LogP contribution < -0.4 is 0 Å². The number of rotatable bonds is 5. The van der Waals surface area contributed by atoms with Crippen molar-refractivity contribution in [3.8, 4) is 23.0 Å². The van der Waals surface area contributed by atoms with Crippen molar-refractivity contribution in [1.82, 2.24) is 24.3 Å². The number of benzene rings is 2. The lowest BCUT2D eigenvalue weighted by molar-refractivity contribution is 0.386. The minimum absolute atomic E-state index is 0.204. The van der Waals surface area contributed by atoms with Crippen molar-refractivity contribution in [3.63, 3.8) is 0 Å². The summed E-state index contributed by atoms with van der Waals surface area (Å²) in [5.41, 5.74) is 4.22. The quantitative estimate of drug-likeness (QED) is 0.444. The van der Waals surface area contributed by atoms with Gasteiger partial charge in [0.05, 0.1) is 4.90 Å². The van der Waals surface area contributed by atoms with Gasteiger partial charge in [-0.2, -0.15) is 9.40 Å². The van der Waals surface area contributed by atoms with Gasteiger partial charge in [-0.1, -0.05) is 44.2 Å². The molecule has 2 aromatic heterocycles. The number of aromatic nitrogens is 4. The van der Waals surface area contributed by atoms with Crippen molar-refractivity contribution >= 4 is 10.0 Å². The lowest BCUT2D eigenvalue weighted by Gasteiger charge is -2.27. The fourth-order valence-corrected chi connectivity index (χ4v) is 5.54. The first-order valence-corrected chi connectivity index (χ1v) is 12.3. The Morgan fingerprint density at radius 3 is 2.36 bits per heavy atom. The molecule has 1 aliphatic heterocycles. The maximum atomic E-state index is 13.4. The lowest BCUT2D eigenvalue weighted by atomic mass is 10.0. The van der Waals surface area contributed by atoms with Crippen molar-refractivity contribution < 1.29 is 12.8 Å².